The van der Waals surface area contributed by atoms with Gasteiger partial charge in [0.1, 0.15) is 0 Å². The fraction of sp³-hybridized carbons (Fsp3) is 0.636. The quantitative estimate of drug-likeness (QED) is 0.724. The minimum absolute atomic E-state index is 0.466. The van der Waals surface area contributed by atoms with E-state index in [1.54, 1.807) is 12.3 Å². The summed E-state index contributed by atoms with van der Waals surface area (Å²) in [5.41, 5.74) is 0. The van der Waals surface area contributed by atoms with Crippen LogP contribution in [0.1, 0.15) is 15.2 Å². The van der Waals surface area contributed by atoms with Gasteiger partial charge in [-0.2, -0.15) is 5.10 Å². The Labute approximate surface area is 92.3 Å². The Hall–Kier alpha value is -1.16. The Morgan fingerprint density at radius 2 is 2.07 bits per heavy atom. The molecule has 1 aromatic rings. The van der Waals surface area contributed by atoms with E-state index in [1.807, 2.05) is 0 Å². The highest BCUT2D eigenvalue weighted by Crippen LogP contribution is 2.12. The maximum Gasteiger partial charge on any atom is 0.151 e. The zero-order chi connectivity index (χ0) is 11.5. The summed E-state index contributed by atoms with van der Waals surface area (Å²) in [4.78, 5) is 4.59. The third-order valence-electron chi connectivity index (χ3n) is 2.85. The molecule has 0 atom stereocenters. The zero-order valence-corrected chi connectivity index (χ0v) is 9.35. The Balaban J connectivity index is 2.02. The number of hydrogen-bond donors (Lipinski definition) is 0. The molecule has 1 aliphatic heterocycles. The Morgan fingerprint density at radius 3 is 2.67 bits per heavy atom. The first-order chi connectivity index (χ1) is 7.68. The minimum Gasteiger partial charge on any atom is -0.353 e. The molecule has 2 rings (SSSR count). The number of aromatic nitrogens is 2. The van der Waals surface area contributed by atoms with Gasteiger partial charge < -0.3 is 4.90 Å². The molecular formula is C11H18N4. The van der Waals surface area contributed by atoms with Crippen LogP contribution < -0.4 is 4.90 Å². The predicted molar refractivity (Wildman–Crippen MR) is 61.0 cm³/mol. The van der Waals surface area contributed by atoms with Gasteiger partial charge in [-0.05, 0) is 26.0 Å². The average Bonchev–Trinajstić information content (AvgIpc) is 2.30. The first-order valence-corrected chi connectivity index (χ1v) is 5.46. The Kier molecular flexibility index (Phi) is 2.77. The van der Waals surface area contributed by atoms with E-state index in [1.165, 1.54) is 0 Å². The lowest BCUT2D eigenvalue weighted by Gasteiger charge is -2.37. The van der Waals surface area contributed by atoms with Gasteiger partial charge in [-0.3, -0.25) is 4.90 Å². The summed E-state index contributed by atoms with van der Waals surface area (Å²) in [5, 5.41) is 7.89. The van der Waals surface area contributed by atoms with Gasteiger partial charge in [0.15, 0.2) is 5.82 Å². The molecule has 0 N–H and O–H groups in total. The summed E-state index contributed by atoms with van der Waals surface area (Å²) >= 11 is 0. The van der Waals surface area contributed by atoms with Gasteiger partial charge in [0.2, 0.25) is 0 Å². The topological polar surface area (TPSA) is 32.3 Å². The van der Waals surface area contributed by atoms with E-state index in [9.17, 15) is 0 Å². The molecule has 1 aliphatic rings. The molecule has 4 heteroatoms. The van der Waals surface area contributed by atoms with Crippen LogP contribution in [-0.4, -0.2) is 47.3 Å². The van der Waals surface area contributed by atoms with Crippen LogP contribution in [0.15, 0.2) is 18.3 Å². The van der Waals surface area contributed by atoms with Crippen molar-refractivity contribution in [3.63, 3.8) is 0 Å². The molecule has 0 unspecified atom stereocenters. The first-order valence-electron chi connectivity index (χ1n) is 5.96. The molecule has 0 saturated carbocycles. The number of nitrogens with zero attached hydrogens (tertiary/aromatic N) is 4. The fourth-order valence-corrected chi connectivity index (χ4v) is 1.87. The molecule has 1 saturated heterocycles. The van der Waals surface area contributed by atoms with Crippen LogP contribution >= 0.6 is 0 Å². The van der Waals surface area contributed by atoms with Crippen LogP contribution in [0, 0.1) is 0 Å². The second kappa shape index (κ2) is 4.57. The van der Waals surface area contributed by atoms with Crippen molar-refractivity contribution < 1.29 is 1.37 Å². The molecule has 2 heterocycles. The lowest BCUT2D eigenvalue weighted by atomic mass is 10.2. The second-order valence-corrected chi connectivity index (χ2v) is 4.12. The second-order valence-electron chi connectivity index (χ2n) is 4.12. The van der Waals surface area contributed by atoms with E-state index in [0.29, 0.717) is 17.9 Å². The van der Waals surface area contributed by atoms with Crippen molar-refractivity contribution in [2.24, 2.45) is 0 Å². The molecule has 0 aromatic carbocycles. The summed E-state index contributed by atoms with van der Waals surface area (Å²) < 4.78 is 7.78. The summed E-state index contributed by atoms with van der Waals surface area (Å²) in [6, 6.07) is 2.75. The molecule has 1 aromatic heterocycles. The van der Waals surface area contributed by atoms with Crippen LogP contribution in [0.5, 0.6) is 0 Å². The molecule has 15 heavy (non-hydrogen) atoms. The van der Waals surface area contributed by atoms with E-state index >= 15 is 0 Å². The molecule has 0 aliphatic carbocycles. The predicted octanol–water partition coefficient (Wildman–Crippen LogP) is 1.01. The third-order valence-corrected chi connectivity index (χ3v) is 2.85. The summed E-state index contributed by atoms with van der Waals surface area (Å²) in [6.45, 7) is 8.37. The lowest BCUT2D eigenvalue weighted by molar-refractivity contribution is 0.209. The fourth-order valence-electron chi connectivity index (χ4n) is 1.87. The van der Waals surface area contributed by atoms with Gasteiger partial charge >= 0.3 is 0 Å². The van der Waals surface area contributed by atoms with Gasteiger partial charge in [0.05, 0.1) is 1.37 Å². The van der Waals surface area contributed by atoms with Crippen molar-refractivity contribution in [3.8, 4) is 0 Å². The third kappa shape index (κ3) is 2.45. The van der Waals surface area contributed by atoms with E-state index in [4.69, 9.17) is 1.37 Å². The van der Waals surface area contributed by atoms with Crippen molar-refractivity contribution in [3.05, 3.63) is 18.3 Å². The van der Waals surface area contributed by atoms with E-state index in [0.717, 1.165) is 26.2 Å². The maximum absolute atomic E-state index is 7.78. The van der Waals surface area contributed by atoms with Gasteiger partial charge in [0.25, 0.3) is 0 Å². The SMILES string of the molecule is [2H]c1ccnnc1N1CCN(C(C)C)CC1. The first kappa shape index (κ1) is 9.09. The molecule has 4 nitrogen and oxygen atoms in total. The molecule has 0 spiro atoms. The highest BCUT2D eigenvalue weighted by molar-refractivity contribution is 5.36. The van der Waals surface area contributed by atoms with Crippen molar-refractivity contribution in [2.75, 3.05) is 31.1 Å². The largest absolute Gasteiger partial charge is 0.353 e. The molecule has 82 valence electrons. The highest BCUT2D eigenvalue weighted by Gasteiger charge is 2.19. The van der Waals surface area contributed by atoms with Crippen LogP contribution in [0.3, 0.4) is 0 Å². The lowest BCUT2D eigenvalue weighted by Crippen LogP contribution is -2.49. The highest BCUT2D eigenvalue weighted by atomic mass is 15.3. The van der Waals surface area contributed by atoms with Gasteiger partial charge in [-0.1, -0.05) is 0 Å². The monoisotopic (exact) mass is 207 g/mol. The van der Waals surface area contributed by atoms with Crippen molar-refractivity contribution in [1.82, 2.24) is 15.1 Å². The number of rotatable bonds is 2. The minimum atomic E-state index is 0.466. The van der Waals surface area contributed by atoms with Crippen LogP contribution in [0.25, 0.3) is 0 Å². The number of anilines is 1. The van der Waals surface area contributed by atoms with E-state index in [2.05, 4.69) is 33.8 Å². The average molecular weight is 207 g/mol. The zero-order valence-electron chi connectivity index (χ0n) is 10.3. The Bertz CT molecular complexity index is 348. The van der Waals surface area contributed by atoms with Crippen LogP contribution in [-0.2, 0) is 0 Å². The van der Waals surface area contributed by atoms with Crippen LogP contribution in [0.4, 0.5) is 5.82 Å². The van der Waals surface area contributed by atoms with Crippen molar-refractivity contribution in [2.45, 2.75) is 19.9 Å². The standard InChI is InChI=1S/C11H18N4/c1-10(2)14-6-8-15(9-7-14)11-4-3-5-12-13-11/h3-5,10H,6-9H2,1-2H3/i4D. The Morgan fingerprint density at radius 1 is 1.33 bits per heavy atom. The van der Waals surface area contributed by atoms with E-state index in [-0.39, 0.29) is 0 Å². The molecular weight excluding hydrogens is 188 g/mol. The molecule has 0 bridgehead atoms. The summed E-state index contributed by atoms with van der Waals surface area (Å²) in [6.07, 6.45) is 1.57. The maximum atomic E-state index is 7.78. The van der Waals surface area contributed by atoms with E-state index < -0.39 is 0 Å². The summed E-state index contributed by atoms with van der Waals surface area (Å²) in [7, 11) is 0. The van der Waals surface area contributed by atoms with Gasteiger partial charge in [-0.25, -0.2) is 0 Å². The van der Waals surface area contributed by atoms with Crippen LogP contribution in [0.2, 0.25) is 0 Å². The van der Waals surface area contributed by atoms with Crippen molar-refractivity contribution >= 4 is 5.82 Å². The smallest absolute Gasteiger partial charge is 0.151 e. The molecule has 0 radical (unpaired) electrons. The summed E-state index contributed by atoms with van der Waals surface area (Å²) in [5.74, 6) is 0.714. The number of piperazine rings is 1. The molecule has 1 fully saturated rings. The molecule has 0 amide bonds. The van der Waals surface area contributed by atoms with Gasteiger partial charge in [-0.15, -0.1) is 5.10 Å². The number of hydrogen-bond acceptors (Lipinski definition) is 4. The normalized spacial score (nSPS) is 19.4. The van der Waals surface area contributed by atoms with Gasteiger partial charge in [0, 0.05) is 38.4 Å². The van der Waals surface area contributed by atoms with Crippen molar-refractivity contribution in [1.29, 1.82) is 0 Å².